The van der Waals surface area contributed by atoms with Crippen LogP contribution >= 0.6 is 0 Å². The molecule has 33 heavy (non-hydrogen) atoms. The molecule has 0 rings (SSSR count). The molecule has 0 amide bonds. The van der Waals surface area contributed by atoms with E-state index in [1.54, 1.807) is 0 Å². The minimum atomic E-state index is -2.04. The van der Waals surface area contributed by atoms with Gasteiger partial charge in [0.1, 0.15) is 6.10 Å². The normalized spacial score (nSPS) is 13.5. The van der Waals surface area contributed by atoms with Crippen molar-refractivity contribution in [1.29, 1.82) is 0 Å². The van der Waals surface area contributed by atoms with E-state index in [2.05, 4.69) is 27.7 Å². The average Bonchev–Trinajstić information content (AvgIpc) is 2.82. The topological polar surface area (TPSA) is 66.4 Å². The Hall–Kier alpha value is -0.240. The van der Waals surface area contributed by atoms with E-state index in [0.717, 1.165) is 77.0 Å². The van der Waals surface area contributed by atoms with Crippen LogP contribution in [0.2, 0.25) is 0 Å². The Bertz CT molecular complexity index is 393. The van der Waals surface area contributed by atoms with Crippen LogP contribution in [0.15, 0.2) is 0 Å². The van der Waals surface area contributed by atoms with Crippen molar-refractivity contribution < 1.29 is 28.8 Å². The predicted octanol–water partition coefficient (Wildman–Crippen LogP) is 6.97. The summed E-state index contributed by atoms with van der Waals surface area (Å²) in [5, 5.41) is 12.0. The van der Waals surface area contributed by atoms with E-state index in [0.29, 0.717) is 39.5 Å². The first-order valence-electron chi connectivity index (χ1n) is 13.9. The molecule has 0 radical (unpaired) electrons. The van der Waals surface area contributed by atoms with Crippen LogP contribution in [0.3, 0.4) is 0 Å². The second-order valence-electron chi connectivity index (χ2n) is 8.82. The summed E-state index contributed by atoms with van der Waals surface area (Å²) in [4.78, 5) is 0. The monoisotopic (exact) mass is 476 g/mol. The van der Waals surface area contributed by atoms with E-state index in [-0.39, 0.29) is 0 Å². The summed E-state index contributed by atoms with van der Waals surface area (Å²) in [7, 11) is 0. The van der Waals surface area contributed by atoms with Crippen molar-refractivity contribution in [1.82, 2.24) is 0 Å². The lowest BCUT2D eigenvalue weighted by atomic mass is 10.0. The van der Waals surface area contributed by atoms with Gasteiger partial charge >= 0.3 is 5.97 Å². The van der Waals surface area contributed by atoms with Crippen molar-refractivity contribution in [2.24, 2.45) is 0 Å². The van der Waals surface area contributed by atoms with Gasteiger partial charge in [-0.2, -0.15) is 0 Å². The molecule has 0 saturated heterocycles. The van der Waals surface area contributed by atoms with Gasteiger partial charge in [-0.1, -0.05) is 86.0 Å². The van der Waals surface area contributed by atoms with Crippen molar-refractivity contribution in [2.75, 3.05) is 33.0 Å². The standard InChI is InChI=1S/C27H56O6/c1-7-13-17-21-30-26(25(11-5)29-12-6,31-22-18-14-8-2)27(28,32-23-19-15-9-3)33-24-20-16-10-4/h25,28H,7-24H2,1-6H3. The van der Waals surface area contributed by atoms with Crippen LogP contribution < -0.4 is 0 Å². The third-order valence-corrected chi connectivity index (χ3v) is 5.82. The van der Waals surface area contributed by atoms with Crippen molar-refractivity contribution in [3.63, 3.8) is 0 Å². The number of ether oxygens (including phenoxy) is 5. The fourth-order valence-corrected chi connectivity index (χ4v) is 3.83. The van der Waals surface area contributed by atoms with E-state index >= 15 is 0 Å². The molecule has 0 aliphatic heterocycles. The van der Waals surface area contributed by atoms with Crippen molar-refractivity contribution in [3.05, 3.63) is 0 Å². The van der Waals surface area contributed by atoms with Crippen molar-refractivity contribution in [3.8, 4) is 0 Å². The lowest BCUT2D eigenvalue weighted by Gasteiger charge is -2.48. The van der Waals surface area contributed by atoms with Gasteiger partial charge in [-0.3, -0.25) is 0 Å². The van der Waals surface area contributed by atoms with Gasteiger partial charge < -0.3 is 28.8 Å². The first-order valence-corrected chi connectivity index (χ1v) is 13.9. The molecule has 6 nitrogen and oxygen atoms in total. The first-order chi connectivity index (χ1) is 16.0. The zero-order valence-corrected chi connectivity index (χ0v) is 22.8. The summed E-state index contributed by atoms with van der Waals surface area (Å²) in [5.41, 5.74) is 0. The molecular formula is C27H56O6. The van der Waals surface area contributed by atoms with Gasteiger partial charge in [0, 0.05) is 6.61 Å². The molecule has 200 valence electrons. The molecule has 0 fully saturated rings. The van der Waals surface area contributed by atoms with Crippen LogP contribution in [-0.4, -0.2) is 56.0 Å². The lowest BCUT2D eigenvalue weighted by molar-refractivity contribution is -0.504. The van der Waals surface area contributed by atoms with Crippen LogP contribution in [0.1, 0.15) is 125 Å². The fraction of sp³-hybridized carbons (Fsp3) is 1.00. The molecule has 0 aromatic carbocycles. The molecule has 0 aliphatic rings. The highest BCUT2D eigenvalue weighted by molar-refractivity contribution is 4.90. The zero-order chi connectivity index (χ0) is 24.8. The van der Waals surface area contributed by atoms with Crippen molar-refractivity contribution in [2.45, 2.75) is 143 Å². The SMILES string of the molecule is CCCCCOC(O)(OCCCCC)C(OCCCCC)(OCCCCC)C(CC)OCC. The Balaban J connectivity index is 6.04. The summed E-state index contributed by atoms with van der Waals surface area (Å²) in [5.74, 6) is -3.58. The third-order valence-electron chi connectivity index (χ3n) is 5.82. The van der Waals surface area contributed by atoms with Gasteiger partial charge in [0.25, 0.3) is 5.79 Å². The summed E-state index contributed by atoms with van der Waals surface area (Å²) in [6, 6.07) is 0. The molecule has 1 atom stereocenters. The van der Waals surface area contributed by atoms with E-state index in [4.69, 9.17) is 23.7 Å². The molecular weight excluding hydrogens is 420 g/mol. The molecule has 0 saturated carbocycles. The summed E-state index contributed by atoms with van der Waals surface area (Å²) < 4.78 is 31.2. The maximum Gasteiger partial charge on any atom is 0.341 e. The highest BCUT2D eigenvalue weighted by atomic mass is 16.9. The Labute approximate surface area is 205 Å². The molecule has 0 aromatic heterocycles. The molecule has 0 aromatic rings. The van der Waals surface area contributed by atoms with Crippen LogP contribution in [0.5, 0.6) is 0 Å². The van der Waals surface area contributed by atoms with Crippen molar-refractivity contribution >= 4 is 0 Å². The number of rotatable bonds is 25. The second-order valence-corrected chi connectivity index (χ2v) is 8.82. The molecule has 0 aliphatic carbocycles. The Morgan fingerprint density at radius 2 is 0.909 bits per heavy atom. The molecule has 1 unspecified atom stereocenters. The first kappa shape index (κ1) is 32.8. The Morgan fingerprint density at radius 3 is 1.21 bits per heavy atom. The minimum Gasteiger partial charge on any atom is -0.373 e. The molecule has 1 N–H and O–H groups in total. The highest BCUT2D eigenvalue weighted by Gasteiger charge is 2.61. The predicted molar refractivity (Wildman–Crippen MR) is 135 cm³/mol. The Kier molecular flexibility index (Phi) is 20.9. The maximum atomic E-state index is 12.0. The third kappa shape index (κ3) is 12.3. The molecule has 0 heterocycles. The molecule has 6 heteroatoms. The number of unbranched alkanes of at least 4 members (excludes halogenated alkanes) is 8. The average molecular weight is 477 g/mol. The number of hydrogen-bond acceptors (Lipinski definition) is 6. The lowest BCUT2D eigenvalue weighted by Crippen LogP contribution is -2.67. The molecule has 0 spiro atoms. The van der Waals surface area contributed by atoms with Crippen LogP contribution in [0.4, 0.5) is 0 Å². The highest BCUT2D eigenvalue weighted by Crippen LogP contribution is 2.38. The Morgan fingerprint density at radius 1 is 0.545 bits per heavy atom. The fourth-order valence-electron chi connectivity index (χ4n) is 3.83. The number of hydrogen-bond donors (Lipinski definition) is 1. The summed E-state index contributed by atoms with van der Waals surface area (Å²) in [6.07, 6.45) is 12.0. The second kappa shape index (κ2) is 21.1. The van der Waals surface area contributed by atoms with Gasteiger partial charge in [-0.25, -0.2) is 0 Å². The van der Waals surface area contributed by atoms with Crippen LogP contribution in [0.25, 0.3) is 0 Å². The van der Waals surface area contributed by atoms with Gasteiger partial charge in [0.05, 0.1) is 26.4 Å². The van der Waals surface area contributed by atoms with Crippen LogP contribution in [0, 0.1) is 0 Å². The van der Waals surface area contributed by atoms with E-state index in [1.807, 2.05) is 13.8 Å². The smallest absolute Gasteiger partial charge is 0.341 e. The van der Waals surface area contributed by atoms with E-state index in [9.17, 15) is 5.11 Å². The van der Waals surface area contributed by atoms with E-state index in [1.165, 1.54) is 0 Å². The summed E-state index contributed by atoms with van der Waals surface area (Å²) >= 11 is 0. The quantitative estimate of drug-likeness (QED) is 0.113. The molecule has 0 bridgehead atoms. The zero-order valence-electron chi connectivity index (χ0n) is 22.8. The minimum absolute atomic E-state index is 0.374. The summed E-state index contributed by atoms with van der Waals surface area (Å²) in [6.45, 7) is 14.7. The van der Waals surface area contributed by atoms with Gasteiger partial charge in [-0.15, -0.1) is 0 Å². The largest absolute Gasteiger partial charge is 0.373 e. The number of aliphatic hydroxyl groups is 1. The van der Waals surface area contributed by atoms with Gasteiger partial charge in [0.15, 0.2) is 0 Å². The van der Waals surface area contributed by atoms with Gasteiger partial charge in [0.2, 0.25) is 0 Å². The van der Waals surface area contributed by atoms with E-state index < -0.39 is 17.9 Å². The maximum absolute atomic E-state index is 12.0. The van der Waals surface area contributed by atoms with Gasteiger partial charge in [-0.05, 0) is 39.0 Å². The van der Waals surface area contributed by atoms with Crippen LogP contribution in [-0.2, 0) is 23.7 Å².